The molecule has 0 aromatic rings. The van der Waals surface area contributed by atoms with E-state index in [-0.39, 0.29) is 0 Å². The number of rotatable bonds is 7. The van der Waals surface area contributed by atoms with Gasteiger partial charge in [0.05, 0.1) is 11.3 Å². The van der Waals surface area contributed by atoms with Gasteiger partial charge in [0.15, 0.2) is 0 Å². The van der Waals surface area contributed by atoms with Gasteiger partial charge in [-0.3, -0.25) is 0 Å². The van der Waals surface area contributed by atoms with Crippen molar-refractivity contribution in [1.82, 2.24) is 20.9 Å². The van der Waals surface area contributed by atoms with E-state index in [1.165, 1.54) is 38.8 Å². The van der Waals surface area contributed by atoms with Gasteiger partial charge in [0.1, 0.15) is 0 Å². The Morgan fingerprint density at radius 2 is 1.19 bits per heavy atom. The van der Waals surface area contributed by atoms with Crippen molar-refractivity contribution in [2.45, 2.75) is 64.7 Å². The first-order valence-electron chi connectivity index (χ1n) is 6.65. The molecule has 2 saturated heterocycles. The third kappa shape index (κ3) is 2.40. The zero-order valence-electron chi connectivity index (χ0n) is 11.1. The normalized spacial score (nSPS) is 45.8. The zero-order chi connectivity index (χ0) is 11.8. The van der Waals surface area contributed by atoms with Crippen molar-refractivity contribution in [2.24, 2.45) is 0 Å². The Kier molecular flexibility index (Phi) is 3.27. The number of hydrogen-bond acceptors (Lipinski definition) is 4. The summed E-state index contributed by atoms with van der Waals surface area (Å²) in [5.74, 6) is 0. The van der Waals surface area contributed by atoms with Gasteiger partial charge in [0, 0.05) is 13.1 Å². The van der Waals surface area contributed by atoms with Gasteiger partial charge < -0.3 is 0 Å². The summed E-state index contributed by atoms with van der Waals surface area (Å²) in [6.07, 6.45) is 4.93. The molecular weight excluding hydrogens is 200 g/mol. The van der Waals surface area contributed by atoms with Crippen LogP contribution in [0.2, 0.25) is 0 Å². The lowest BCUT2D eigenvalue weighted by molar-refractivity contribution is 0.362. The van der Waals surface area contributed by atoms with Crippen LogP contribution in [0.15, 0.2) is 0 Å². The van der Waals surface area contributed by atoms with Gasteiger partial charge in [0.2, 0.25) is 0 Å². The maximum atomic E-state index is 3.43. The molecule has 0 radical (unpaired) electrons. The second-order valence-electron chi connectivity index (χ2n) is 5.49. The highest BCUT2D eigenvalue weighted by molar-refractivity contribution is 4.93. The fourth-order valence-electron chi connectivity index (χ4n) is 2.22. The summed E-state index contributed by atoms with van der Waals surface area (Å²) in [7, 11) is 0. The summed E-state index contributed by atoms with van der Waals surface area (Å²) in [5, 5.41) is 4.73. The monoisotopic (exact) mass is 226 g/mol. The quantitative estimate of drug-likeness (QED) is 0.512. The van der Waals surface area contributed by atoms with E-state index in [2.05, 4.69) is 48.6 Å². The molecule has 16 heavy (non-hydrogen) atoms. The fraction of sp³-hybridized carbons (Fsp3) is 1.00. The third-order valence-corrected chi connectivity index (χ3v) is 4.23. The Morgan fingerprint density at radius 1 is 0.812 bits per heavy atom. The molecular formula is C12H26N4. The highest BCUT2D eigenvalue weighted by Gasteiger charge is 2.46. The first-order chi connectivity index (χ1) is 7.54. The summed E-state index contributed by atoms with van der Waals surface area (Å²) >= 11 is 0. The largest absolute Gasteiger partial charge is 0.232 e. The number of hydrogen-bond donors (Lipinski definition) is 2. The van der Waals surface area contributed by atoms with Crippen LogP contribution in [-0.4, -0.2) is 34.4 Å². The van der Waals surface area contributed by atoms with Crippen molar-refractivity contribution in [3.8, 4) is 0 Å². The second-order valence-corrected chi connectivity index (χ2v) is 5.49. The smallest absolute Gasteiger partial charge is 0.0943 e. The molecule has 0 bridgehead atoms. The van der Waals surface area contributed by atoms with Crippen molar-refractivity contribution in [3.05, 3.63) is 0 Å². The molecule has 2 aliphatic rings. The highest BCUT2D eigenvalue weighted by atomic mass is 15.8. The second kappa shape index (κ2) is 4.26. The molecule has 0 saturated carbocycles. The van der Waals surface area contributed by atoms with Gasteiger partial charge >= 0.3 is 0 Å². The molecule has 2 N–H and O–H groups in total. The third-order valence-electron chi connectivity index (χ3n) is 4.23. The van der Waals surface area contributed by atoms with Crippen LogP contribution >= 0.6 is 0 Å². The predicted molar refractivity (Wildman–Crippen MR) is 66.3 cm³/mol. The molecule has 2 heterocycles. The van der Waals surface area contributed by atoms with Gasteiger partial charge in [-0.1, -0.05) is 13.8 Å². The molecule has 4 nitrogen and oxygen atoms in total. The van der Waals surface area contributed by atoms with E-state index in [1.807, 2.05) is 0 Å². The Hall–Kier alpha value is -0.160. The molecule has 0 aromatic heterocycles. The summed E-state index contributed by atoms with van der Waals surface area (Å²) in [6.45, 7) is 11.4. The van der Waals surface area contributed by atoms with Crippen LogP contribution < -0.4 is 10.9 Å². The predicted octanol–water partition coefficient (Wildman–Crippen LogP) is 1.66. The minimum absolute atomic E-state index is 0.302. The molecule has 0 aromatic carbocycles. The van der Waals surface area contributed by atoms with Crippen LogP contribution in [0.3, 0.4) is 0 Å². The van der Waals surface area contributed by atoms with Crippen LogP contribution in [0.1, 0.15) is 53.4 Å². The Balaban J connectivity index is 1.51. The lowest BCUT2D eigenvalue weighted by atomic mass is 10.2. The van der Waals surface area contributed by atoms with E-state index >= 15 is 0 Å². The molecule has 2 aliphatic heterocycles. The van der Waals surface area contributed by atoms with Gasteiger partial charge in [-0.25, -0.2) is 20.9 Å². The average molecular weight is 226 g/mol. The molecule has 94 valence electrons. The summed E-state index contributed by atoms with van der Waals surface area (Å²) in [5.41, 5.74) is 7.46. The van der Waals surface area contributed by atoms with Crippen molar-refractivity contribution < 1.29 is 0 Å². The van der Waals surface area contributed by atoms with Gasteiger partial charge in [-0.2, -0.15) is 0 Å². The van der Waals surface area contributed by atoms with Crippen LogP contribution in [0.4, 0.5) is 0 Å². The minimum atomic E-state index is 0.302. The first kappa shape index (κ1) is 12.3. The zero-order valence-corrected chi connectivity index (χ0v) is 11.1. The van der Waals surface area contributed by atoms with E-state index in [0.29, 0.717) is 11.3 Å². The Morgan fingerprint density at radius 3 is 1.44 bits per heavy atom. The molecule has 0 aliphatic carbocycles. The molecule has 2 rings (SSSR count). The molecule has 2 fully saturated rings. The highest BCUT2D eigenvalue weighted by Crippen LogP contribution is 2.29. The van der Waals surface area contributed by atoms with Crippen molar-refractivity contribution in [1.29, 1.82) is 0 Å². The molecule has 4 atom stereocenters. The van der Waals surface area contributed by atoms with E-state index in [4.69, 9.17) is 0 Å². The summed E-state index contributed by atoms with van der Waals surface area (Å²) < 4.78 is 0. The average Bonchev–Trinajstić information content (AvgIpc) is 3.13. The van der Waals surface area contributed by atoms with Crippen molar-refractivity contribution in [2.75, 3.05) is 13.1 Å². The number of nitrogens with one attached hydrogen (secondary N) is 2. The minimum Gasteiger partial charge on any atom is -0.232 e. The standard InChI is InChI=1S/C12H26N4/c1-5-11(3)13-15(11)9-7-8-10-16-12(4,6-2)14-16/h13-14H,5-10H2,1-4H3/t11-,12+,15?,16?. The Labute approximate surface area is 99.3 Å². The lowest BCUT2D eigenvalue weighted by Gasteiger charge is -2.07. The lowest BCUT2D eigenvalue weighted by Crippen LogP contribution is -2.16. The molecule has 0 spiro atoms. The number of nitrogens with zero attached hydrogens (tertiary/aromatic N) is 2. The maximum absolute atomic E-state index is 3.43. The maximum Gasteiger partial charge on any atom is 0.0943 e. The SMILES string of the molecule is CC[C@@]1(C)NN1CCCCN1N[C@@]1(C)CC. The molecule has 0 amide bonds. The van der Waals surface area contributed by atoms with Crippen LogP contribution in [0.25, 0.3) is 0 Å². The van der Waals surface area contributed by atoms with Crippen molar-refractivity contribution >= 4 is 0 Å². The van der Waals surface area contributed by atoms with E-state index in [1.54, 1.807) is 0 Å². The Bertz CT molecular complexity index is 231. The summed E-state index contributed by atoms with van der Waals surface area (Å²) in [4.78, 5) is 0. The van der Waals surface area contributed by atoms with E-state index < -0.39 is 0 Å². The van der Waals surface area contributed by atoms with E-state index in [9.17, 15) is 0 Å². The molecule has 2 unspecified atom stereocenters. The van der Waals surface area contributed by atoms with E-state index in [0.717, 1.165) is 0 Å². The first-order valence-corrected chi connectivity index (χ1v) is 6.65. The van der Waals surface area contributed by atoms with Crippen LogP contribution in [0.5, 0.6) is 0 Å². The van der Waals surface area contributed by atoms with Gasteiger partial charge in [-0.05, 0) is 39.5 Å². The van der Waals surface area contributed by atoms with Crippen LogP contribution in [0, 0.1) is 0 Å². The number of unbranched alkanes of at least 4 members (excludes halogenated alkanes) is 1. The van der Waals surface area contributed by atoms with Crippen molar-refractivity contribution in [3.63, 3.8) is 0 Å². The number of hydrazine groups is 2. The fourth-order valence-corrected chi connectivity index (χ4v) is 2.22. The van der Waals surface area contributed by atoms with Gasteiger partial charge in [-0.15, -0.1) is 0 Å². The summed E-state index contributed by atoms with van der Waals surface area (Å²) in [6, 6.07) is 0. The van der Waals surface area contributed by atoms with Gasteiger partial charge in [0.25, 0.3) is 0 Å². The van der Waals surface area contributed by atoms with Crippen LogP contribution in [-0.2, 0) is 0 Å². The molecule has 4 heteroatoms. The topological polar surface area (TPSA) is 49.9 Å².